The molecule has 1 amide bonds. The Morgan fingerprint density at radius 3 is 2.78 bits per heavy atom. The number of hydrogen-bond acceptors (Lipinski definition) is 4. The zero-order valence-corrected chi connectivity index (χ0v) is 11.4. The number of carbonyl (C=O) groups is 2. The third-order valence-corrected chi connectivity index (χ3v) is 3.32. The number of esters is 1. The van der Waals surface area contributed by atoms with Gasteiger partial charge in [-0.3, -0.25) is 9.59 Å². The molecular weight excluding hydrogens is 232 g/mol. The van der Waals surface area contributed by atoms with Crippen molar-refractivity contribution in [1.82, 2.24) is 10.2 Å². The Labute approximate surface area is 109 Å². The Kier molecular flexibility index (Phi) is 6.72. The first-order chi connectivity index (χ1) is 8.63. The molecule has 1 N–H and O–H groups in total. The molecule has 1 aliphatic rings. The van der Waals surface area contributed by atoms with Gasteiger partial charge in [-0.2, -0.15) is 0 Å². The van der Waals surface area contributed by atoms with Gasteiger partial charge in [0.2, 0.25) is 5.91 Å². The van der Waals surface area contributed by atoms with Crippen molar-refractivity contribution in [2.45, 2.75) is 45.1 Å². The van der Waals surface area contributed by atoms with Gasteiger partial charge in [0.25, 0.3) is 0 Å². The van der Waals surface area contributed by atoms with Crippen molar-refractivity contribution in [1.29, 1.82) is 0 Å². The summed E-state index contributed by atoms with van der Waals surface area (Å²) in [6.07, 6.45) is 3.99. The molecule has 0 radical (unpaired) electrons. The quantitative estimate of drug-likeness (QED) is 0.718. The first-order valence-corrected chi connectivity index (χ1v) is 6.76. The summed E-state index contributed by atoms with van der Waals surface area (Å²) in [6.45, 7) is 3.91. The minimum atomic E-state index is -0.303. The van der Waals surface area contributed by atoms with Gasteiger partial charge in [-0.05, 0) is 33.4 Å². The van der Waals surface area contributed by atoms with E-state index in [2.05, 4.69) is 17.3 Å². The van der Waals surface area contributed by atoms with Crippen LogP contribution >= 0.6 is 0 Å². The Morgan fingerprint density at radius 2 is 2.11 bits per heavy atom. The first-order valence-electron chi connectivity index (χ1n) is 6.76. The molecule has 1 rings (SSSR count). The van der Waals surface area contributed by atoms with Crippen LogP contribution in [-0.2, 0) is 14.3 Å². The molecule has 0 aromatic carbocycles. The number of likely N-dealkylation sites (tertiary alicyclic amines) is 1. The summed E-state index contributed by atoms with van der Waals surface area (Å²) in [4.78, 5) is 24.9. The zero-order valence-electron chi connectivity index (χ0n) is 11.4. The number of nitrogens with one attached hydrogen (secondary N) is 1. The van der Waals surface area contributed by atoms with Crippen LogP contribution in [0, 0.1) is 0 Å². The highest BCUT2D eigenvalue weighted by Crippen LogP contribution is 2.13. The topological polar surface area (TPSA) is 58.6 Å². The highest BCUT2D eigenvalue weighted by atomic mass is 16.5. The van der Waals surface area contributed by atoms with E-state index in [1.165, 1.54) is 12.8 Å². The summed E-state index contributed by atoms with van der Waals surface area (Å²) in [5.41, 5.74) is 0. The third kappa shape index (κ3) is 5.49. The molecular formula is C13H24N2O3. The lowest BCUT2D eigenvalue weighted by molar-refractivity contribution is -0.144. The van der Waals surface area contributed by atoms with Crippen LogP contribution in [0.1, 0.15) is 39.0 Å². The number of likely N-dealkylation sites (N-methyl/N-ethyl adjacent to an activating group) is 1. The SMILES string of the molecule is CCOC(=O)CCC(=O)NCC1CCCCN1C. The fraction of sp³-hybridized carbons (Fsp3) is 0.846. The lowest BCUT2D eigenvalue weighted by Crippen LogP contribution is -2.44. The van der Waals surface area contributed by atoms with Gasteiger partial charge >= 0.3 is 5.97 Å². The normalized spacial score (nSPS) is 20.4. The molecule has 0 aromatic rings. The molecule has 5 nitrogen and oxygen atoms in total. The van der Waals surface area contributed by atoms with Crippen LogP contribution in [0.2, 0.25) is 0 Å². The third-order valence-electron chi connectivity index (χ3n) is 3.32. The van der Waals surface area contributed by atoms with Crippen molar-refractivity contribution in [2.75, 3.05) is 26.7 Å². The molecule has 0 saturated carbocycles. The molecule has 1 unspecified atom stereocenters. The number of rotatable bonds is 6. The molecule has 0 aromatic heterocycles. The first kappa shape index (κ1) is 15.0. The van der Waals surface area contributed by atoms with E-state index in [0.29, 0.717) is 19.2 Å². The average Bonchev–Trinajstić information content (AvgIpc) is 2.36. The number of carbonyl (C=O) groups excluding carboxylic acids is 2. The fourth-order valence-corrected chi connectivity index (χ4v) is 2.17. The standard InChI is InChI=1S/C13H24N2O3/c1-3-18-13(17)8-7-12(16)14-10-11-6-4-5-9-15(11)2/h11H,3-10H2,1-2H3,(H,14,16). The maximum Gasteiger partial charge on any atom is 0.306 e. The second-order valence-electron chi connectivity index (χ2n) is 4.74. The minimum absolute atomic E-state index is 0.0676. The monoisotopic (exact) mass is 256 g/mol. The van der Waals surface area contributed by atoms with Crippen molar-refractivity contribution < 1.29 is 14.3 Å². The molecule has 1 heterocycles. The average molecular weight is 256 g/mol. The summed E-state index contributed by atoms with van der Waals surface area (Å²) in [6, 6.07) is 0.435. The maximum atomic E-state index is 11.6. The van der Waals surface area contributed by atoms with Gasteiger partial charge in [-0.25, -0.2) is 0 Å². The van der Waals surface area contributed by atoms with E-state index in [-0.39, 0.29) is 24.7 Å². The zero-order chi connectivity index (χ0) is 13.4. The van der Waals surface area contributed by atoms with Crippen molar-refractivity contribution in [3.05, 3.63) is 0 Å². The van der Waals surface area contributed by atoms with Gasteiger partial charge in [-0.1, -0.05) is 6.42 Å². The maximum absolute atomic E-state index is 11.6. The molecule has 1 saturated heterocycles. The van der Waals surface area contributed by atoms with Crippen LogP contribution in [0.25, 0.3) is 0 Å². The Morgan fingerprint density at radius 1 is 1.33 bits per heavy atom. The van der Waals surface area contributed by atoms with Gasteiger partial charge in [0.1, 0.15) is 0 Å². The Bertz CT molecular complexity index is 281. The summed E-state index contributed by atoms with van der Waals surface area (Å²) in [5, 5.41) is 2.89. The number of amides is 1. The van der Waals surface area contributed by atoms with Crippen LogP contribution in [0.4, 0.5) is 0 Å². The number of nitrogens with zero attached hydrogens (tertiary/aromatic N) is 1. The highest BCUT2D eigenvalue weighted by Gasteiger charge is 2.19. The van der Waals surface area contributed by atoms with Gasteiger partial charge in [-0.15, -0.1) is 0 Å². The van der Waals surface area contributed by atoms with Crippen molar-refractivity contribution in [3.8, 4) is 0 Å². The molecule has 1 aliphatic heterocycles. The van der Waals surface area contributed by atoms with Crippen molar-refractivity contribution in [2.24, 2.45) is 0 Å². The van der Waals surface area contributed by atoms with Crippen LogP contribution in [0.15, 0.2) is 0 Å². The minimum Gasteiger partial charge on any atom is -0.466 e. The second kappa shape index (κ2) is 8.08. The molecule has 0 bridgehead atoms. The van der Waals surface area contributed by atoms with E-state index in [0.717, 1.165) is 13.0 Å². The van der Waals surface area contributed by atoms with E-state index in [4.69, 9.17) is 4.74 Å². The van der Waals surface area contributed by atoms with Gasteiger partial charge in [0.15, 0.2) is 0 Å². The Balaban J connectivity index is 2.14. The summed E-state index contributed by atoms with van der Waals surface area (Å²) >= 11 is 0. The number of piperidine rings is 1. The predicted molar refractivity (Wildman–Crippen MR) is 69.1 cm³/mol. The number of ether oxygens (including phenoxy) is 1. The molecule has 104 valence electrons. The lowest BCUT2D eigenvalue weighted by atomic mass is 10.0. The smallest absolute Gasteiger partial charge is 0.306 e. The lowest BCUT2D eigenvalue weighted by Gasteiger charge is -2.32. The van der Waals surface area contributed by atoms with E-state index >= 15 is 0 Å². The van der Waals surface area contributed by atoms with E-state index < -0.39 is 0 Å². The largest absolute Gasteiger partial charge is 0.466 e. The van der Waals surface area contributed by atoms with Crippen molar-refractivity contribution in [3.63, 3.8) is 0 Å². The summed E-state index contributed by atoms with van der Waals surface area (Å²) < 4.78 is 4.78. The van der Waals surface area contributed by atoms with Gasteiger partial charge in [0, 0.05) is 19.0 Å². The van der Waals surface area contributed by atoms with E-state index in [1.807, 2.05) is 0 Å². The van der Waals surface area contributed by atoms with E-state index in [1.54, 1.807) is 6.92 Å². The second-order valence-corrected chi connectivity index (χ2v) is 4.74. The molecule has 1 atom stereocenters. The molecule has 0 aliphatic carbocycles. The van der Waals surface area contributed by atoms with Crippen LogP contribution in [-0.4, -0.2) is 49.6 Å². The summed E-state index contributed by atoms with van der Waals surface area (Å²) in [5.74, 6) is -0.371. The van der Waals surface area contributed by atoms with Gasteiger partial charge < -0.3 is 15.0 Å². The molecule has 1 fully saturated rings. The van der Waals surface area contributed by atoms with Crippen LogP contribution < -0.4 is 5.32 Å². The van der Waals surface area contributed by atoms with Crippen LogP contribution in [0.5, 0.6) is 0 Å². The molecule has 5 heteroatoms. The Hall–Kier alpha value is -1.10. The van der Waals surface area contributed by atoms with Crippen LogP contribution in [0.3, 0.4) is 0 Å². The molecule has 18 heavy (non-hydrogen) atoms. The predicted octanol–water partition coefficient (Wildman–Crippen LogP) is 0.930. The summed E-state index contributed by atoms with van der Waals surface area (Å²) in [7, 11) is 2.09. The highest BCUT2D eigenvalue weighted by molar-refractivity contribution is 5.81. The van der Waals surface area contributed by atoms with E-state index in [9.17, 15) is 9.59 Å². The number of hydrogen-bond donors (Lipinski definition) is 1. The van der Waals surface area contributed by atoms with Crippen molar-refractivity contribution >= 4 is 11.9 Å². The van der Waals surface area contributed by atoms with Gasteiger partial charge in [0.05, 0.1) is 13.0 Å². The fourth-order valence-electron chi connectivity index (χ4n) is 2.17. The molecule has 0 spiro atoms.